The topological polar surface area (TPSA) is 44.5 Å². The molecule has 0 amide bonds. The minimum atomic E-state index is -0.267. The van der Waals surface area contributed by atoms with Crippen molar-refractivity contribution >= 4 is 0 Å². The third kappa shape index (κ3) is 2.31. The van der Waals surface area contributed by atoms with Gasteiger partial charge in [0.15, 0.2) is 0 Å². The molecule has 1 aromatic rings. The Labute approximate surface area is 103 Å². The zero-order valence-electron chi connectivity index (χ0n) is 10.8. The Hall–Kier alpha value is -1.06. The lowest BCUT2D eigenvalue weighted by molar-refractivity contribution is -0.0337. The highest BCUT2D eigenvalue weighted by atomic mass is 16.5. The second-order valence-electron chi connectivity index (χ2n) is 4.92. The summed E-state index contributed by atoms with van der Waals surface area (Å²) in [4.78, 5) is 0. The predicted molar refractivity (Wildman–Crippen MR) is 68.3 cm³/mol. The lowest BCUT2D eigenvalue weighted by Crippen LogP contribution is -2.46. The number of hydrogen-bond acceptors (Lipinski definition) is 3. The van der Waals surface area contributed by atoms with E-state index in [1.807, 2.05) is 6.07 Å². The van der Waals surface area contributed by atoms with E-state index in [9.17, 15) is 0 Å². The third-order valence-electron chi connectivity index (χ3n) is 3.53. The first kappa shape index (κ1) is 12.4. The molecule has 0 aromatic heterocycles. The zero-order valence-corrected chi connectivity index (χ0v) is 10.8. The maximum absolute atomic E-state index is 6.26. The van der Waals surface area contributed by atoms with Gasteiger partial charge in [0.25, 0.3) is 0 Å². The first-order valence-corrected chi connectivity index (χ1v) is 6.14. The van der Waals surface area contributed by atoms with E-state index in [2.05, 4.69) is 26.0 Å². The van der Waals surface area contributed by atoms with Crippen molar-refractivity contribution < 1.29 is 9.47 Å². The number of methoxy groups -OCH3 is 1. The van der Waals surface area contributed by atoms with Crippen molar-refractivity contribution in [3.05, 3.63) is 29.3 Å². The summed E-state index contributed by atoms with van der Waals surface area (Å²) in [7, 11) is 1.71. The maximum atomic E-state index is 6.26. The van der Waals surface area contributed by atoms with Gasteiger partial charge in [0, 0.05) is 25.1 Å². The van der Waals surface area contributed by atoms with E-state index in [1.165, 1.54) is 5.56 Å². The highest BCUT2D eigenvalue weighted by Crippen LogP contribution is 2.40. The molecule has 2 N–H and O–H groups in total. The summed E-state index contributed by atoms with van der Waals surface area (Å²) in [6.07, 6.45) is 1.72. The van der Waals surface area contributed by atoms with Crippen molar-refractivity contribution in [3.8, 4) is 5.75 Å². The number of nitrogens with two attached hydrogens (primary N) is 1. The summed E-state index contributed by atoms with van der Waals surface area (Å²) in [6.45, 7) is 4.78. The number of ether oxygens (including phenoxy) is 2. The average molecular weight is 235 g/mol. The van der Waals surface area contributed by atoms with E-state index < -0.39 is 0 Å². The van der Waals surface area contributed by atoms with Crippen molar-refractivity contribution in [1.29, 1.82) is 0 Å². The Morgan fingerprint density at radius 2 is 2.29 bits per heavy atom. The molecule has 1 aromatic carbocycles. The van der Waals surface area contributed by atoms with Crippen molar-refractivity contribution in [2.24, 2.45) is 5.73 Å². The van der Waals surface area contributed by atoms with Gasteiger partial charge in [-0.1, -0.05) is 24.6 Å². The SMILES string of the molecule is CCC1(COC)C[C@H](N)c2cc(C)ccc2O1. The van der Waals surface area contributed by atoms with Gasteiger partial charge in [-0.05, 0) is 19.4 Å². The fourth-order valence-electron chi connectivity index (χ4n) is 2.51. The van der Waals surface area contributed by atoms with Gasteiger partial charge >= 0.3 is 0 Å². The molecule has 0 fully saturated rings. The van der Waals surface area contributed by atoms with Crippen LogP contribution in [0.25, 0.3) is 0 Å². The minimum absolute atomic E-state index is 0.0359. The molecular formula is C14H21NO2. The van der Waals surface area contributed by atoms with Gasteiger partial charge < -0.3 is 15.2 Å². The molecule has 0 aliphatic carbocycles. The van der Waals surface area contributed by atoms with Crippen molar-refractivity contribution in [2.75, 3.05) is 13.7 Å². The van der Waals surface area contributed by atoms with Gasteiger partial charge in [-0.15, -0.1) is 0 Å². The standard InChI is InChI=1S/C14H21NO2/c1-4-14(9-16-3)8-12(15)11-7-10(2)5-6-13(11)17-14/h5-7,12H,4,8-9,15H2,1-3H3/t12-,14?/m0/s1. The maximum Gasteiger partial charge on any atom is 0.134 e. The van der Waals surface area contributed by atoms with Crippen molar-refractivity contribution in [1.82, 2.24) is 0 Å². The van der Waals surface area contributed by atoms with E-state index in [-0.39, 0.29) is 11.6 Å². The molecule has 1 aliphatic heterocycles. The van der Waals surface area contributed by atoms with Gasteiger partial charge in [-0.25, -0.2) is 0 Å². The number of hydrogen-bond donors (Lipinski definition) is 1. The number of benzene rings is 1. The Morgan fingerprint density at radius 3 is 2.94 bits per heavy atom. The molecule has 1 heterocycles. The molecule has 0 saturated carbocycles. The molecule has 3 nitrogen and oxygen atoms in total. The molecule has 1 unspecified atom stereocenters. The van der Waals surface area contributed by atoms with Gasteiger partial charge in [-0.3, -0.25) is 0 Å². The molecule has 2 atom stereocenters. The first-order chi connectivity index (χ1) is 8.10. The number of rotatable bonds is 3. The summed E-state index contributed by atoms with van der Waals surface area (Å²) < 4.78 is 11.4. The Bertz CT molecular complexity index is 405. The lowest BCUT2D eigenvalue weighted by Gasteiger charge is -2.40. The van der Waals surface area contributed by atoms with Crippen LogP contribution in [0, 0.1) is 6.92 Å². The molecule has 17 heavy (non-hydrogen) atoms. The van der Waals surface area contributed by atoms with E-state index in [0.717, 1.165) is 24.2 Å². The Morgan fingerprint density at radius 1 is 1.53 bits per heavy atom. The first-order valence-electron chi connectivity index (χ1n) is 6.14. The van der Waals surface area contributed by atoms with E-state index in [4.69, 9.17) is 15.2 Å². The predicted octanol–water partition coefficient (Wildman–Crippen LogP) is 2.57. The highest BCUT2D eigenvalue weighted by molar-refractivity contribution is 5.41. The van der Waals surface area contributed by atoms with Gasteiger partial charge in [-0.2, -0.15) is 0 Å². The smallest absolute Gasteiger partial charge is 0.134 e. The van der Waals surface area contributed by atoms with Crippen molar-refractivity contribution in [2.45, 2.75) is 38.3 Å². The van der Waals surface area contributed by atoms with Crippen LogP contribution in [0.4, 0.5) is 0 Å². The molecule has 3 heteroatoms. The quantitative estimate of drug-likeness (QED) is 0.875. The molecule has 94 valence electrons. The summed E-state index contributed by atoms with van der Waals surface area (Å²) in [6, 6.07) is 6.23. The van der Waals surface area contributed by atoms with Crippen LogP contribution in [0.2, 0.25) is 0 Å². The molecule has 1 aliphatic rings. The highest BCUT2D eigenvalue weighted by Gasteiger charge is 2.38. The van der Waals surface area contributed by atoms with Crippen LogP contribution in [0.15, 0.2) is 18.2 Å². The van der Waals surface area contributed by atoms with E-state index in [1.54, 1.807) is 7.11 Å². The summed E-state index contributed by atoms with van der Waals surface area (Å²) in [5, 5.41) is 0. The fraction of sp³-hybridized carbons (Fsp3) is 0.571. The zero-order chi connectivity index (χ0) is 12.5. The molecule has 0 radical (unpaired) electrons. The van der Waals surface area contributed by atoms with Crippen molar-refractivity contribution in [3.63, 3.8) is 0 Å². The molecule has 0 bridgehead atoms. The lowest BCUT2D eigenvalue weighted by atomic mass is 9.86. The van der Waals surface area contributed by atoms with Gasteiger partial charge in [0.1, 0.15) is 11.4 Å². The molecule has 0 spiro atoms. The van der Waals surface area contributed by atoms with Crippen LogP contribution in [0.5, 0.6) is 5.75 Å². The molecule has 0 saturated heterocycles. The largest absolute Gasteiger partial charge is 0.484 e. The second-order valence-corrected chi connectivity index (χ2v) is 4.92. The van der Waals surface area contributed by atoms with Gasteiger partial charge in [0.05, 0.1) is 6.61 Å². The number of fused-ring (bicyclic) bond motifs is 1. The third-order valence-corrected chi connectivity index (χ3v) is 3.53. The van der Waals surface area contributed by atoms with Crippen LogP contribution in [0.1, 0.15) is 36.9 Å². The summed E-state index contributed by atoms with van der Waals surface area (Å²) in [5.74, 6) is 0.910. The summed E-state index contributed by atoms with van der Waals surface area (Å²) >= 11 is 0. The number of aryl methyl sites for hydroxylation is 1. The molecule has 2 rings (SSSR count). The van der Waals surface area contributed by atoms with Gasteiger partial charge in [0.2, 0.25) is 0 Å². The normalized spacial score (nSPS) is 27.4. The van der Waals surface area contributed by atoms with Crippen LogP contribution in [-0.4, -0.2) is 19.3 Å². The Balaban J connectivity index is 2.35. The monoisotopic (exact) mass is 235 g/mol. The average Bonchev–Trinajstić information content (AvgIpc) is 2.31. The van der Waals surface area contributed by atoms with Crippen LogP contribution < -0.4 is 10.5 Å². The van der Waals surface area contributed by atoms with Crippen LogP contribution >= 0.6 is 0 Å². The fourth-order valence-corrected chi connectivity index (χ4v) is 2.51. The Kier molecular flexibility index (Phi) is 3.40. The van der Waals surface area contributed by atoms with Crippen LogP contribution in [0.3, 0.4) is 0 Å². The van der Waals surface area contributed by atoms with Crippen LogP contribution in [-0.2, 0) is 4.74 Å². The minimum Gasteiger partial charge on any atom is -0.484 e. The molecular weight excluding hydrogens is 214 g/mol. The van der Waals surface area contributed by atoms with E-state index >= 15 is 0 Å². The second kappa shape index (κ2) is 4.67. The van der Waals surface area contributed by atoms with E-state index in [0.29, 0.717) is 6.61 Å². The summed E-state index contributed by atoms with van der Waals surface area (Å²) in [5.41, 5.74) is 8.33.